The monoisotopic (exact) mass is 375 g/mol. The lowest BCUT2D eigenvalue weighted by atomic mass is 10.0. The minimum Gasteiger partial charge on any atom is -0.467 e. The van der Waals surface area contributed by atoms with Crippen LogP contribution in [0.4, 0.5) is 18.0 Å². The van der Waals surface area contributed by atoms with Crippen LogP contribution in [0.15, 0.2) is 12.1 Å². The van der Waals surface area contributed by atoms with Gasteiger partial charge in [-0.1, -0.05) is 0 Å². The van der Waals surface area contributed by atoms with Crippen molar-refractivity contribution in [3.63, 3.8) is 0 Å². The van der Waals surface area contributed by atoms with Gasteiger partial charge in [-0.3, -0.25) is 4.79 Å². The van der Waals surface area contributed by atoms with Crippen LogP contribution >= 0.6 is 0 Å². The van der Waals surface area contributed by atoms with Crippen LogP contribution in [0.1, 0.15) is 44.0 Å². The second-order valence-electron chi connectivity index (χ2n) is 6.44. The molecule has 0 aliphatic carbocycles. The number of carbonyl (C=O) groups excluding carboxylic acids is 3. The molecule has 144 valence electrons. The average Bonchev–Trinajstić information content (AvgIpc) is 2.53. The van der Waals surface area contributed by atoms with Gasteiger partial charge in [-0.25, -0.2) is 22.8 Å². The Balaban J connectivity index is 2.79. The smallest absolute Gasteiger partial charge is 0.408 e. The van der Waals surface area contributed by atoms with Gasteiger partial charge in [0.05, 0.1) is 7.11 Å². The summed E-state index contributed by atoms with van der Waals surface area (Å²) in [5.41, 5.74) is -1.19. The van der Waals surface area contributed by atoms with E-state index < -0.39 is 46.9 Å². The molecule has 1 atom stereocenters. The molecule has 0 aliphatic rings. The molecule has 0 heterocycles. The van der Waals surface area contributed by atoms with Crippen molar-refractivity contribution in [1.82, 2.24) is 5.32 Å². The molecule has 1 unspecified atom stereocenters. The van der Waals surface area contributed by atoms with E-state index in [-0.39, 0.29) is 18.4 Å². The van der Waals surface area contributed by atoms with Crippen LogP contribution in [0.2, 0.25) is 0 Å². The number of benzene rings is 1. The van der Waals surface area contributed by atoms with Crippen molar-refractivity contribution in [2.75, 3.05) is 7.11 Å². The van der Waals surface area contributed by atoms with Gasteiger partial charge in [0.1, 0.15) is 11.6 Å². The largest absolute Gasteiger partial charge is 0.467 e. The molecule has 26 heavy (non-hydrogen) atoms. The van der Waals surface area contributed by atoms with Gasteiger partial charge in [-0.05, 0) is 39.3 Å². The third-order valence-corrected chi connectivity index (χ3v) is 3.14. The highest BCUT2D eigenvalue weighted by Gasteiger charge is 2.26. The predicted molar refractivity (Wildman–Crippen MR) is 85.1 cm³/mol. The highest BCUT2D eigenvalue weighted by molar-refractivity contribution is 5.96. The molecule has 1 N–H and O–H groups in total. The number of alkyl carbamates (subject to hydrolysis) is 1. The summed E-state index contributed by atoms with van der Waals surface area (Å²) in [5.74, 6) is -6.22. The number of rotatable bonds is 6. The van der Waals surface area contributed by atoms with E-state index in [0.717, 1.165) is 7.11 Å². The Labute approximate surface area is 148 Å². The quantitative estimate of drug-likeness (QED) is 0.469. The Bertz CT molecular complexity index is 677. The van der Waals surface area contributed by atoms with Gasteiger partial charge in [0, 0.05) is 12.0 Å². The third kappa shape index (κ3) is 6.38. The number of carbonyl (C=O) groups is 3. The van der Waals surface area contributed by atoms with E-state index in [1.807, 2.05) is 0 Å². The summed E-state index contributed by atoms with van der Waals surface area (Å²) in [6, 6.07) is -0.0707. The first-order valence-corrected chi connectivity index (χ1v) is 7.69. The molecule has 0 radical (unpaired) electrons. The van der Waals surface area contributed by atoms with Crippen LogP contribution in [0.25, 0.3) is 0 Å². The Morgan fingerprint density at radius 3 is 2.12 bits per heavy atom. The van der Waals surface area contributed by atoms with Gasteiger partial charge in [0.2, 0.25) is 0 Å². The molecule has 0 saturated heterocycles. The van der Waals surface area contributed by atoms with Crippen LogP contribution in [0.5, 0.6) is 0 Å². The molecule has 9 heteroatoms. The van der Waals surface area contributed by atoms with Crippen molar-refractivity contribution < 1.29 is 37.0 Å². The number of hydrogen-bond donors (Lipinski definition) is 1. The maximum Gasteiger partial charge on any atom is 0.408 e. The summed E-state index contributed by atoms with van der Waals surface area (Å²) in [4.78, 5) is 35.5. The second kappa shape index (κ2) is 8.68. The maximum atomic E-state index is 13.2. The number of ether oxygens (including phenoxy) is 2. The molecule has 0 saturated carbocycles. The molecular formula is C17H20F3NO5. The summed E-state index contributed by atoms with van der Waals surface area (Å²) in [7, 11) is 1.10. The van der Waals surface area contributed by atoms with Crippen LogP contribution in [-0.4, -0.2) is 36.6 Å². The summed E-state index contributed by atoms with van der Waals surface area (Å²) < 4.78 is 48.9. The minimum atomic E-state index is -1.68. The fraction of sp³-hybridized carbons (Fsp3) is 0.471. The number of ketones is 1. The molecule has 1 aromatic carbocycles. The fourth-order valence-corrected chi connectivity index (χ4v) is 1.98. The van der Waals surface area contributed by atoms with Gasteiger partial charge < -0.3 is 14.8 Å². The molecule has 1 aromatic rings. The number of methoxy groups -OCH3 is 1. The summed E-state index contributed by atoms with van der Waals surface area (Å²) in [6.45, 7) is 4.88. The van der Waals surface area contributed by atoms with Gasteiger partial charge in [0.25, 0.3) is 0 Å². The summed E-state index contributed by atoms with van der Waals surface area (Å²) in [6.07, 6.45) is -1.44. The minimum absolute atomic E-state index is 0.203. The van der Waals surface area contributed by atoms with Crippen LogP contribution < -0.4 is 5.32 Å². The third-order valence-electron chi connectivity index (χ3n) is 3.14. The Kier molecular flexibility index (Phi) is 7.17. The number of amides is 1. The van der Waals surface area contributed by atoms with Crippen molar-refractivity contribution in [3.8, 4) is 0 Å². The lowest BCUT2D eigenvalue weighted by Gasteiger charge is -2.22. The zero-order valence-corrected chi connectivity index (χ0v) is 14.8. The number of Topliss-reactive ketones (excluding diaryl/α,β-unsaturated/α-hetero) is 1. The number of hydrogen-bond acceptors (Lipinski definition) is 5. The van der Waals surface area contributed by atoms with Gasteiger partial charge in [-0.15, -0.1) is 0 Å². The molecule has 1 rings (SSSR count). The van der Waals surface area contributed by atoms with E-state index in [1.165, 1.54) is 0 Å². The first-order chi connectivity index (χ1) is 11.9. The SMILES string of the molecule is COC(=O)C(CCC(=O)c1cc(F)c(F)c(F)c1)NC(=O)OC(C)(C)C. The molecule has 0 spiro atoms. The standard InChI is InChI=1S/C17H20F3NO5/c1-17(2,3)26-16(24)21-12(15(23)25-4)5-6-13(22)9-7-10(18)14(20)11(19)8-9/h7-8,12H,5-6H2,1-4H3,(H,21,24). The Hall–Kier alpha value is -2.58. The topological polar surface area (TPSA) is 81.7 Å². The van der Waals surface area contributed by atoms with Crippen molar-refractivity contribution in [1.29, 1.82) is 0 Å². The van der Waals surface area contributed by atoms with Crippen molar-refractivity contribution >= 4 is 17.8 Å². The zero-order valence-electron chi connectivity index (χ0n) is 14.8. The van der Waals surface area contributed by atoms with Gasteiger partial charge in [0.15, 0.2) is 23.2 Å². The summed E-state index contributed by atoms with van der Waals surface area (Å²) >= 11 is 0. The fourth-order valence-electron chi connectivity index (χ4n) is 1.98. The summed E-state index contributed by atoms with van der Waals surface area (Å²) in [5, 5.41) is 2.27. The Morgan fingerprint density at radius 2 is 1.65 bits per heavy atom. The van der Waals surface area contributed by atoms with Crippen LogP contribution in [0, 0.1) is 17.5 Å². The highest BCUT2D eigenvalue weighted by atomic mass is 19.2. The number of halogens is 3. The highest BCUT2D eigenvalue weighted by Crippen LogP contribution is 2.16. The van der Waals surface area contributed by atoms with Gasteiger partial charge in [-0.2, -0.15) is 0 Å². The van der Waals surface area contributed by atoms with Gasteiger partial charge >= 0.3 is 12.1 Å². The molecule has 0 aliphatic heterocycles. The van der Waals surface area contributed by atoms with Crippen molar-refractivity contribution in [2.45, 2.75) is 45.3 Å². The van der Waals surface area contributed by atoms with Crippen LogP contribution in [-0.2, 0) is 14.3 Å². The van der Waals surface area contributed by atoms with E-state index >= 15 is 0 Å². The van der Waals surface area contributed by atoms with E-state index in [4.69, 9.17) is 4.74 Å². The average molecular weight is 375 g/mol. The lowest BCUT2D eigenvalue weighted by molar-refractivity contribution is -0.143. The Morgan fingerprint density at radius 1 is 1.12 bits per heavy atom. The normalized spacial score (nSPS) is 12.3. The van der Waals surface area contributed by atoms with E-state index in [2.05, 4.69) is 10.1 Å². The maximum absolute atomic E-state index is 13.2. The zero-order chi connectivity index (χ0) is 20.1. The molecular weight excluding hydrogens is 355 g/mol. The van der Waals surface area contributed by atoms with E-state index in [0.29, 0.717) is 12.1 Å². The van der Waals surface area contributed by atoms with Crippen LogP contribution in [0.3, 0.4) is 0 Å². The molecule has 6 nitrogen and oxygen atoms in total. The first-order valence-electron chi connectivity index (χ1n) is 7.69. The second-order valence-corrected chi connectivity index (χ2v) is 6.44. The molecule has 0 aromatic heterocycles. The van der Waals surface area contributed by atoms with Crippen molar-refractivity contribution in [2.24, 2.45) is 0 Å². The lowest BCUT2D eigenvalue weighted by Crippen LogP contribution is -2.44. The van der Waals surface area contributed by atoms with E-state index in [9.17, 15) is 27.6 Å². The molecule has 0 bridgehead atoms. The molecule has 1 amide bonds. The van der Waals surface area contributed by atoms with E-state index in [1.54, 1.807) is 20.8 Å². The molecule has 0 fully saturated rings. The predicted octanol–water partition coefficient (Wildman–Crippen LogP) is 3.13. The first kappa shape index (κ1) is 21.5. The number of nitrogens with one attached hydrogen (secondary N) is 1. The van der Waals surface area contributed by atoms with Crippen molar-refractivity contribution in [3.05, 3.63) is 35.1 Å². The number of esters is 1.